The highest BCUT2D eigenvalue weighted by molar-refractivity contribution is 6.08. The fraction of sp³-hybridized carbons (Fsp3) is 0.375. The molecule has 12 nitrogen and oxygen atoms in total. The Kier molecular flexibility index (Phi) is 11.6. The van der Waals surface area contributed by atoms with Crippen molar-refractivity contribution in [2.45, 2.75) is 78.7 Å². The number of hydrogen-bond donors (Lipinski definition) is 5. The van der Waals surface area contributed by atoms with Crippen molar-refractivity contribution in [1.29, 1.82) is 0 Å². The van der Waals surface area contributed by atoms with Crippen molar-refractivity contribution in [3.05, 3.63) is 94.8 Å². The van der Waals surface area contributed by atoms with E-state index >= 15 is 0 Å². The van der Waals surface area contributed by atoms with Gasteiger partial charge in [0.2, 0.25) is 11.8 Å². The molecule has 5 rings (SSSR count). The zero-order valence-electron chi connectivity index (χ0n) is 30.9. The highest BCUT2D eigenvalue weighted by Gasteiger charge is 2.23. The van der Waals surface area contributed by atoms with E-state index in [0.29, 0.717) is 33.6 Å². The van der Waals surface area contributed by atoms with E-state index < -0.39 is 18.1 Å². The molecule has 0 bridgehead atoms. The van der Waals surface area contributed by atoms with Gasteiger partial charge in [-0.15, -0.1) is 0 Å². The second-order valence-corrected chi connectivity index (χ2v) is 14.7. The molecule has 0 radical (unpaired) electrons. The largest absolute Gasteiger partial charge is 0.478 e. The molecule has 0 aliphatic heterocycles. The Balaban J connectivity index is 1.26. The summed E-state index contributed by atoms with van der Waals surface area (Å²) in [5.74, 6) is -0.467. The van der Waals surface area contributed by atoms with E-state index in [2.05, 4.69) is 65.5 Å². The Labute approximate surface area is 304 Å². The second kappa shape index (κ2) is 15.9. The number of hydrogen-bond acceptors (Lipinski definition) is 7. The predicted molar refractivity (Wildman–Crippen MR) is 206 cm³/mol. The standard InChI is InChI=1S/C40H50N8O4/c1-7-8-9-33-46-35-36(31-19-16-29(40(51)52)20-32(31)45-37(35)42)47(33)21-26-10-12-27(13-11-26)22-48(5,6)23-28-14-17-30(18-15-28)44-38(49)25(4)43-39(50)34(41)24(2)3/h10-20,24-25,34H,7-9,21-23,41H2,1-6H3,(H4-,42,43,44,45,49,50,51,52)/p+1/t25-,34-/m0/s1. The van der Waals surface area contributed by atoms with Crippen LogP contribution >= 0.6 is 0 Å². The summed E-state index contributed by atoms with van der Waals surface area (Å²) in [6.45, 7) is 9.69. The van der Waals surface area contributed by atoms with Gasteiger partial charge in [0.05, 0.1) is 36.7 Å². The SMILES string of the molecule is CCCCc1nc2c(N)nc3cc(C(=O)O)ccc3c2n1Cc1ccc(C[N+](C)(C)Cc2ccc(NC(=O)[C@H](C)NC(=O)[C@@H](N)C(C)C)cc2)cc1. The van der Waals surface area contributed by atoms with E-state index in [0.717, 1.165) is 60.2 Å². The molecule has 0 spiro atoms. The molecule has 2 heterocycles. The highest BCUT2D eigenvalue weighted by Crippen LogP contribution is 2.31. The summed E-state index contributed by atoms with van der Waals surface area (Å²) in [6, 6.07) is 20.0. The summed E-state index contributed by atoms with van der Waals surface area (Å²) < 4.78 is 2.92. The minimum Gasteiger partial charge on any atom is -0.478 e. The lowest BCUT2D eigenvalue weighted by atomic mass is 10.0. The van der Waals surface area contributed by atoms with Gasteiger partial charge in [0.15, 0.2) is 5.82 Å². The number of carbonyl (C=O) groups is 3. The normalized spacial score (nSPS) is 13.0. The van der Waals surface area contributed by atoms with Crippen molar-refractivity contribution in [3.63, 3.8) is 0 Å². The lowest BCUT2D eigenvalue weighted by Crippen LogP contribution is -2.50. The minimum atomic E-state index is -1.01. The van der Waals surface area contributed by atoms with E-state index in [1.54, 1.807) is 25.1 Å². The molecule has 7 N–H and O–H groups in total. The number of carbonyl (C=O) groups excluding carboxylic acids is 2. The average Bonchev–Trinajstić information content (AvgIpc) is 3.46. The number of amides is 2. The molecule has 0 unspecified atom stereocenters. The van der Waals surface area contributed by atoms with Crippen LogP contribution in [0.25, 0.3) is 21.9 Å². The van der Waals surface area contributed by atoms with Crippen molar-refractivity contribution < 1.29 is 24.0 Å². The van der Waals surface area contributed by atoms with Gasteiger partial charge in [-0.1, -0.05) is 63.6 Å². The fourth-order valence-electron chi connectivity index (χ4n) is 6.39. The topological polar surface area (TPSA) is 178 Å². The molecule has 52 heavy (non-hydrogen) atoms. The lowest BCUT2D eigenvalue weighted by molar-refractivity contribution is -0.916. The first-order valence-corrected chi connectivity index (χ1v) is 17.8. The van der Waals surface area contributed by atoms with Gasteiger partial charge < -0.3 is 36.3 Å². The Morgan fingerprint density at radius 3 is 2.10 bits per heavy atom. The highest BCUT2D eigenvalue weighted by atomic mass is 16.4. The van der Waals surface area contributed by atoms with Gasteiger partial charge in [0.25, 0.3) is 0 Å². The van der Waals surface area contributed by atoms with Crippen LogP contribution in [0, 0.1) is 5.92 Å². The van der Waals surface area contributed by atoms with Gasteiger partial charge >= 0.3 is 5.97 Å². The number of benzene rings is 3. The first-order valence-electron chi connectivity index (χ1n) is 17.8. The number of aromatic carboxylic acids is 1. The van der Waals surface area contributed by atoms with Gasteiger partial charge in [-0.2, -0.15) is 0 Å². The summed E-state index contributed by atoms with van der Waals surface area (Å²) in [5.41, 5.74) is 18.6. The lowest BCUT2D eigenvalue weighted by Gasteiger charge is -2.30. The first kappa shape index (κ1) is 37.9. The van der Waals surface area contributed by atoms with Crippen molar-refractivity contribution in [1.82, 2.24) is 19.9 Å². The summed E-state index contributed by atoms with van der Waals surface area (Å²) in [5, 5.41) is 15.9. The number of nitrogens with one attached hydrogen (secondary N) is 2. The number of rotatable bonds is 15. The molecule has 2 aromatic heterocycles. The second-order valence-electron chi connectivity index (χ2n) is 14.7. The molecule has 0 aliphatic carbocycles. The van der Waals surface area contributed by atoms with Gasteiger partial charge in [-0.3, -0.25) is 9.59 Å². The Morgan fingerprint density at radius 2 is 1.50 bits per heavy atom. The molecule has 2 atom stereocenters. The number of imidazole rings is 1. The Morgan fingerprint density at radius 1 is 0.885 bits per heavy atom. The van der Waals surface area contributed by atoms with Crippen LogP contribution in [0.1, 0.15) is 73.4 Å². The maximum Gasteiger partial charge on any atom is 0.335 e. The van der Waals surface area contributed by atoms with Gasteiger partial charge in [-0.05, 0) is 55.2 Å². The van der Waals surface area contributed by atoms with Crippen molar-refractivity contribution in [2.75, 3.05) is 25.1 Å². The van der Waals surface area contributed by atoms with E-state index in [-0.39, 0.29) is 23.3 Å². The molecule has 274 valence electrons. The van der Waals surface area contributed by atoms with Crippen molar-refractivity contribution in [3.8, 4) is 0 Å². The molecule has 3 aromatic carbocycles. The average molecular weight is 708 g/mol. The number of aryl methyl sites for hydroxylation is 1. The number of nitrogen functional groups attached to an aromatic ring is 1. The van der Waals surface area contributed by atoms with Crippen LogP contribution in [0.3, 0.4) is 0 Å². The number of unbranched alkanes of at least 4 members (excludes halogenated alkanes) is 1. The van der Waals surface area contributed by atoms with Crippen molar-refractivity contribution in [2.24, 2.45) is 11.7 Å². The zero-order chi connectivity index (χ0) is 37.7. The van der Waals surface area contributed by atoms with Crippen LogP contribution in [0.4, 0.5) is 11.5 Å². The molecule has 0 saturated heterocycles. The molecule has 2 amide bonds. The van der Waals surface area contributed by atoms with E-state index in [1.807, 2.05) is 38.1 Å². The van der Waals surface area contributed by atoms with Crippen LogP contribution in [0.5, 0.6) is 0 Å². The quantitative estimate of drug-likeness (QED) is 0.0891. The zero-order valence-corrected chi connectivity index (χ0v) is 30.9. The van der Waals surface area contributed by atoms with Crippen molar-refractivity contribution >= 4 is 51.2 Å². The molecule has 0 saturated carbocycles. The molecular weight excluding hydrogens is 656 g/mol. The molecule has 0 aliphatic rings. The van der Waals surface area contributed by atoms with E-state index in [1.165, 1.54) is 5.56 Å². The number of carboxylic acid groups (broad SMARTS) is 1. The smallest absolute Gasteiger partial charge is 0.335 e. The molecular formula is C40H51N8O4+. The van der Waals surface area contributed by atoms with Crippen LogP contribution < -0.4 is 22.1 Å². The first-order chi connectivity index (χ1) is 24.6. The van der Waals surface area contributed by atoms with Crippen LogP contribution in [-0.4, -0.2) is 68.1 Å². The number of nitrogens with zero attached hydrogens (tertiary/aromatic N) is 4. The number of carboxylic acids is 1. The third-order valence-corrected chi connectivity index (χ3v) is 9.36. The van der Waals surface area contributed by atoms with Gasteiger partial charge in [0, 0.05) is 35.2 Å². The van der Waals surface area contributed by atoms with E-state index in [9.17, 15) is 19.5 Å². The molecule has 0 fully saturated rings. The Hall–Kier alpha value is -5.33. The number of pyridine rings is 1. The summed E-state index contributed by atoms with van der Waals surface area (Å²) >= 11 is 0. The monoisotopic (exact) mass is 707 g/mol. The number of aromatic nitrogens is 3. The third-order valence-electron chi connectivity index (χ3n) is 9.36. The number of anilines is 2. The van der Waals surface area contributed by atoms with Gasteiger partial charge in [-0.25, -0.2) is 14.8 Å². The fourth-order valence-corrected chi connectivity index (χ4v) is 6.39. The summed E-state index contributed by atoms with van der Waals surface area (Å²) in [7, 11) is 4.37. The number of quaternary nitrogens is 1. The van der Waals surface area contributed by atoms with Crippen LogP contribution in [0.2, 0.25) is 0 Å². The summed E-state index contributed by atoms with van der Waals surface area (Å²) in [6.07, 6.45) is 2.80. The minimum absolute atomic E-state index is 0.0256. The number of fused-ring (bicyclic) bond motifs is 3. The maximum atomic E-state index is 12.7. The summed E-state index contributed by atoms with van der Waals surface area (Å²) in [4.78, 5) is 46.0. The molecule has 5 aromatic rings. The molecule has 12 heteroatoms. The van der Waals surface area contributed by atoms with Gasteiger partial charge in [0.1, 0.15) is 30.5 Å². The third kappa shape index (κ3) is 8.93. The van der Waals surface area contributed by atoms with Crippen LogP contribution in [-0.2, 0) is 35.6 Å². The maximum absolute atomic E-state index is 12.7. The Bertz CT molecular complexity index is 2070. The van der Waals surface area contributed by atoms with Crippen LogP contribution in [0.15, 0.2) is 66.7 Å². The predicted octanol–water partition coefficient (Wildman–Crippen LogP) is 5.46. The number of nitrogens with two attached hydrogens (primary N) is 2. The van der Waals surface area contributed by atoms with E-state index in [4.69, 9.17) is 16.5 Å².